The molecule has 1 saturated heterocycles. The minimum Gasteiger partial charge on any atom is -0.465 e. The molecule has 0 bridgehead atoms. The van der Waals surface area contributed by atoms with Gasteiger partial charge in [0.15, 0.2) is 0 Å². The van der Waals surface area contributed by atoms with E-state index in [9.17, 15) is 14.0 Å². The second kappa shape index (κ2) is 10.3. The Morgan fingerprint density at radius 1 is 1.15 bits per heavy atom. The molecule has 2 aliphatic rings. The minimum atomic E-state index is -0.742. The maximum Gasteiger partial charge on any atom is 0.341 e. The number of urea groups is 1. The Labute approximate surface area is 197 Å². The number of hydrogen-bond donors (Lipinski definition) is 1. The third-order valence-electron chi connectivity index (χ3n) is 5.94. The summed E-state index contributed by atoms with van der Waals surface area (Å²) < 4.78 is 19.5. The molecule has 4 rings (SSSR count). The van der Waals surface area contributed by atoms with Crippen LogP contribution < -0.4 is 10.2 Å². The van der Waals surface area contributed by atoms with Crippen LogP contribution in [0.3, 0.4) is 0 Å². The van der Waals surface area contributed by atoms with Gasteiger partial charge in [-0.05, 0) is 36.8 Å². The molecule has 2 aromatic carbocycles. The van der Waals surface area contributed by atoms with E-state index in [1.165, 1.54) is 6.07 Å². The van der Waals surface area contributed by atoms with Gasteiger partial charge in [0.25, 0.3) is 0 Å². The molecule has 0 aliphatic carbocycles. The molecule has 1 fully saturated rings. The number of carbonyl (C=O) groups is 2. The molecule has 7 nitrogen and oxygen atoms in total. The van der Waals surface area contributed by atoms with Gasteiger partial charge in [0, 0.05) is 37.7 Å². The first-order valence-electron chi connectivity index (χ1n) is 11.0. The lowest BCUT2D eigenvalue weighted by atomic mass is 9.87. The first-order chi connectivity index (χ1) is 16.0. The van der Waals surface area contributed by atoms with E-state index < -0.39 is 24.0 Å². The van der Waals surface area contributed by atoms with Crippen molar-refractivity contribution < 1.29 is 18.7 Å². The highest BCUT2D eigenvalue weighted by Gasteiger charge is 2.40. The molecule has 0 saturated carbocycles. The third-order valence-corrected chi connectivity index (χ3v) is 6.19. The third kappa shape index (κ3) is 5.34. The van der Waals surface area contributed by atoms with E-state index in [2.05, 4.69) is 15.2 Å². The summed E-state index contributed by atoms with van der Waals surface area (Å²) in [6.45, 7) is 4.88. The van der Waals surface area contributed by atoms with Crippen molar-refractivity contribution in [3.05, 3.63) is 64.9 Å². The highest BCUT2D eigenvalue weighted by molar-refractivity contribution is 6.30. The number of anilines is 1. The number of piperazine rings is 1. The SMILES string of the molecule is CCOC(=O)C1C(CN2CCN(c3ccccc3F)CC2)=NC(=O)NC1c1ccc(Cl)cc1. The molecule has 9 heteroatoms. The van der Waals surface area contributed by atoms with E-state index in [1.807, 2.05) is 11.0 Å². The molecule has 2 amide bonds. The van der Waals surface area contributed by atoms with Crippen LogP contribution in [0.5, 0.6) is 0 Å². The zero-order valence-electron chi connectivity index (χ0n) is 18.3. The Hall–Kier alpha value is -2.97. The lowest BCUT2D eigenvalue weighted by Crippen LogP contribution is -2.52. The number of halogens is 2. The Morgan fingerprint density at radius 2 is 1.85 bits per heavy atom. The van der Waals surface area contributed by atoms with Gasteiger partial charge in [-0.1, -0.05) is 35.9 Å². The maximum atomic E-state index is 14.2. The topological polar surface area (TPSA) is 74.2 Å². The number of carbonyl (C=O) groups excluding carboxylic acids is 2. The normalized spacial score (nSPS) is 21.4. The summed E-state index contributed by atoms with van der Waals surface area (Å²) >= 11 is 6.01. The van der Waals surface area contributed by atoms with E-state index in [-0.39, 0.29) is 12.4 Å². The highest BCUT2D eigenvalue weighted by Crippen LogP contribution is 2.30. The molecule has 2 unspecified atom stereocenters. The molecule has 2 heterocycles. The highest BCUT2D eigenvalue weighted by atomic mass is 35.5. The summed E-state index contributed by atoms with van der Waals surface area (Å²) in [5.74, 6) is -1.41. The van der Waals surface area contributed by atoms with Gasteiger partial charge < -0.3 is 15.0 Å². The fourth-order valence-corrected chi connectivity index (χ4v) is 4.43. The Morgan fingerprint density at radius 3 is 2.52 bits per heavy atom. The van der Waals surface area contributed by atoms with E-state index in [0.29, 0.717) is 49.1 Å². The van der Waals surface area contributed by atoms with Crippen LogP contribution in [-0.4, -0.2) is 61.9 Å². The number of nitrogens with one attached hydrogen (secondary N) is 1. The number of esters is 1. The first kappa shape index (κ1) is 23.2. The number of benzene rings is 2. The maximum absolute atomic E-state index is 14.2. The van der Waals surface area contributed by atoms with Gasteiger partial charge in [-0.15, -0.1) is 0 Å². The fraction of sp³-hybridized carbons (Fsp3) is 0.375. The zero-order chi connectivity index (χ0) is 23.4. The van der Waals surface area contributed by atoms with Crippen LogP contribution in [0.1, 0.15) is 18.5 Å². The summed E-state index contributed by atoms with van der Waals surface area (Å²) in [6, 6.07) is 12.7. The minimum absolute atomic E-state index is 0.227. The predicted octanol–water partition coefficient (Wildman–Crippen LogP) is 3.69. The first-order valence-corrected chi connectivity index (χ1v) is 11.4. The van der Waals surface area contributed by atoms with Gasteiger partial charge in [-0.25, -0.2) is 14.2 Å². The van der Waals surface area contributed by atoms with Crippen LogP contribution >= 0.6 is 11.6 Å². The number of hydrogen-bond acceptors (Lipinski definition) is 5. The van der Waals surface area contributed by atoms with Crippen LogP contribution in [0.2, 0.25) is 5.02 Å². The molecule has 33 heavy (non-hydrogen) atoms. The summed E-state index contributed by atoms with van der Waals surface area (Å²) in [7, 11) is 0. The molecule has 174 valence electrons. The lowest BCUT2D eigenvalue weighted by Gasteiger charge is -2.38. The predicted molar refractivity (Wildman–Crippen MR) is 125 cm³/mol. The van der Waals surface area contributed by atoms with E-state index >= 15 is 0 Å². The van der Waals surface area contributed by atoms with Crippen LogP contribution in [-0.2, 0) is 9.53 Å². The van der Waals surface area contributed by atoms with Gasteiger partial charge in [0.05, 0.1) is 24.0 Å². The molecule has 2 atom stereocenters. The number of amides is 2. The van der Waals surface area contributed by atoms with Crippen LogP contribution in [0.4, 0.5) is 14.9 Å². The average molecular weight is 473 g/mol. The van der Waals surface area contributed by atoms with Gasteiger partial charge in [0.2, 0.25) is 0 Å². The van der Waals surface area contributed by atoms with Crippen LogP contribution in [0.25, 0.3) is 0 Å². The van der Waals surface area contributed by atoms with Crippen molar-refractivity contribution in [1.29, 1.82) is 0 Å². The van der Waals surface area contributed by atoms with Crippen LogP contribution in [0.15, 0.2) is 53.5 Å². The summed E-state index contributed by atoms with van der Waals surface area (Å²) in [6.07, 6.45) is 0. The van der Waals surface area contributed by atoms with Gasteiger partial charge in [-0.2, -0.15) is 0 Å². The molecule has 2 aromatic rings. The Kier molecular flexibility index (Phi) is 7.25. The Balaban J connectivity index is 1.51. The number of para-hydroxylation sites is 1. The number of aliphatic imine (C=N–C) groups is 1. The average Bonchev–Trinajstić information content (AvgIpc) is 2.80. The van der Waals surface area contributed by atoms with Crippen molar-refractivity contribution in [1.82, 2.24) is 10.2 Å². The van der Waals surface area contributed by atoms with Crippen molar-refractivity contribution in [3.8, 4) is 0 Å². The molecule has 2 aliphatic heterocycles. The molecule has 1 N–H and O–H groups in total. The second-order valence-corrected chi connectivity index (χ2v) is 8.46. The van der Waals surface area contributed by atoms with E-state index in [0.717, 1.165) is 5.56 Å². The zero-order valence-corrected chi connectivity index (χ0v) is 19.1. The van der Waals surface area contributed by atoms with Crippen molar-refractivity contribution in [2.24, 2.45) is 10.9 Å². The van der Waals surface area contributed by atoms with E-state index in [1.54, 1.807) is 43.3 Å². The van der Waals surface area contributed by atoms with Crippen LogP contribution in [0, 0.1) is 11.7 Å². The smallest absolute Gasteiger partial charge is 0.341 e. The van der Waals surface area contributed by atoms with Crippen molar-refractivity contribution in [2.75, 3.05) is 44.2 Å². The molecule has 0 aromatic heterocycles. The summed E-state index contributed by atoms with van der Waals surface area (Å²) in [5.41, 5.74) is 1.80. The fourth-order valence-electron chi connectivity index (χ4n) is 4.31. The van der Waals surface area contributed by atoms with Gasteiger partial charge in [0.1, 0.15) is 11.7 Å². The molecular formula is C24H26ClFN4O3. The van der Waals surface area contributed by atoms with Gasteiger partial charge >= 0.3 is 12.0 Å². The number of nitrogens with zero attached hydrogens (tertiary/aromatic N) is 3. The molecule has 0 spiro atoms. The number of rotatable bonds is 6. The quantitative estimate of drug-likeness (QED) is 0.649. The largest absolute Gasteiger partial charge is 0.465 e. The van der Waals surface area contributed by atoms with Crippen molar-refractivity contribution >= 4 is 35.0 Å². The molecule has 0 radical (unpaired) electrons. The summed E-state index contributed by atoms with van der Waals surface area (Å²) in [4.78, 5) is 33.7. The van der Waals surface area contributed by atoms with Gasteiger partial charge in [-0.3, -0.25) is 9.69 Å². The Bertz CT molecular complexity index is 1040. The summed E-state index contributed by atoms with van der Waals surface area (Å²) in [5, 5.41) is 3.37. The number of ether oxygens (including phenoxy) is 1. The standard InChI is InChI=1S/C24H26ClFN4O3/c1-2-33-23(31)21-19(27-24(32)28-22(21)16-7-9-17(25)10-8-16)15-29-11-13-30(14-12-29)20-6-4-3-5-18(20)26/h3-10,21-22H,2,11-15H2,1H3,(H,28,32). The lowest BCUT2D eigenvalue weighted by molar-refractivity contribution is -0.146. The monoisotopic (exact) mass is 472 g/mol. The van der Waals surface area contributed by atoms with Crippen molar-refractivity contribution in [2.45, 2.75) is 13.0 Å². The van der Waals surface area contributed by atoms with E-state index in [4.69, 9.17) is 16.3 Å². The van der Waals surface area contributed by atoms with Crippen molar-refractivity contribution in [3.63, 3.8) is 0 Å². The second-order valence-electron chi connectivity index (χ2n) is 8.03. The molecular weight excluding hydrogens is 447 g/mol.